The molecule has 4 heteroatoms. The summed E-state index contributed by atoms with van der Waals surface area (Å²) < 4.78 is 4.83. The monoisotopic (exact) mass is 315 g/mol. The van der Waals surface area contributed by atoms with Gasteiger partial charge in [0.25, 0.3) is 0 Å². The molecule has 0 bridgehead atoms. The molecule has 3 N–H and O–H groups in total. The van der Waals surface area contributed by atoms with Crippen molar-refractivity contribution in [3.05, 3.63) is 55.1 Å². The smallest absolute Gasteiger partial charge is 0.139 e. The van der Waals surface area contributed by atoms with Gasteiger partial charge < -0.3 is 20.3 Å². The zero-order valence-electron chi connectivity index (χ0n) is 13.7. The molecule has 2 aromatic rings. The molecule has 124 valence electrons. The molecule has 2 rings (SSSR count). The van der Waals surface area contributed by atoms with Crippen LogP contribution in [-0.2, 0) is 4.74 Å². The summed E-state index contributed by atoms with van der Waals surface area (Å²) in [6.45, 7) is 9.87. The number of nitrogens with one attached hydrogen (secondary N) is 1. The molecule has 0 saturated carbocycles. The van der Waals surface area contributed by atoms with Crippen LogP contribution in [0, 0.1) is 0 Å². The maximum atomic E-state index is 9.89. The van der Waals surface area contributed by atoms with E-state index in [1.165, 1.54) is 0 Å². The van der Waals surface area contributed by atoms with E-state index in [0.717, 1.165) is 24.3 Å². The molecular weight excluding hydrogens is 290 g/mol. The van der Waals surface area contributed by atoms with Crippen LogP contribution in [0.5, 0.6) is 11.5 Å². The van der Waals surface area contributed by atoms with Crippen molar-refractivity contribution in [2.75, 3.05) is 25.1 Å². The first-order chi connectivity index (χ1) is 11.1. The Morgan fingerprint density at radius 3 is 2.26 bits per heavy atom. The van der Waals surface area contributed by atoms with Crippen LogP contribution in [0.4, 0.5) is 5.69 Å². The zero-order chi connectivity index (χ0) is 17.1. The number of anilines is 1. The van der Waals surface area contributed by atoms with Crippen LogP contribution in [0.3, 0.4) is 0 Å². The average Bonchev–Trinajstić information content (AvgIpc) is 2.55. The molecule has 0 heterocycles. The summed E-state index contributed by atoms with van der Waals surface area (Å²) in [5.41, 5.74) is 2.38. The third-order valence-corrected chi connectivity index (χ3v) is 3.02. The summed E-state index contributed by atoms with van der Waals surface area (Å²) in [7, 11) is 0. The zero-order valence-corrected chi connectivity index (χ0v) is 13.7. The van der Waals surface area contributed by atoms with Gasteiger partial charge in [0.15, 0.2) is 0 Å². The van der Waals surface area contributed by atoms with Crippen LogP contribution >= 0.6 is 0 Å². The van der Waals surface area contributed by atoms with Crippen molar-refractivity contribution < 1.29 is 14.9 Å². The molecule has 0 radical (unpaired) electrons. The molecule has 0 spiro atoms. The number of hydrogen-bond acceptors (Lipinski definition) is 4. The van der Waals surface area contributed by atoms with E-state index in [1.807, 2.05) is 26.0 Å². The SMILES string of the molecule is C=CCNc1ccc(-c2cccc(O)c2)cc1O.CCOCC. The minimum atomic E-state index is 0.178. The van der Waals surface area contributed by atoms with Gasteiger partial charge in [-0.15, -0.1) is 6.58 Å². The Labute approximate surface area is 138 Å². The van der Waals surface area contributed by atoms with E-state index in [4.69, 9.17) is 4.74 Å². The lowest BCUT2D eigenvalue weighted by molar-refractivity contribution is 0.162. The second kappa shape index (κ2) is 10.3. The topological polar surface area (TPSA) is 61.7 Å². The first-order valence-electron chi connectivity index (χ1n) is 7.67. The Morgan fingerprint density at radius 2 is 1.74 bits per heavy atom. The van der Waals surface area contributed by atoms with Crippen LogP contribution in [0.2, 0.25) is 0 Å². The molecule has 0 saturated heterocycles. The third-order valence-electron chi connectivity index (χ3n) is 3.02. The van der Waals surface area contributed by atoms with E-state index in [0.29, 0.717) is 12.2 Å². The largest absolute Gasteiger partial charge is 0.508 e. The normalized spacial score (nSPS) is 9.65. The number of benzene rings is 2. The van der Waals surface area contributed by atoms with E-state index >= 15 is 0 Å². The summed E-state index contributed by atoms with van der Waals surface area (Å²) >= 11 is 0. The summed E-state index contributed by atoms with van der Waals surface area (Å²) in [5.74, 6) is 0.388. The van der Waals surface area contributed by atoms with Crippen LogP contribution in [0.25, 0.3) is 11.1 Å². The van der Waals surface area contributed by atoms with Crippen molar-refractivity contribution in [3.63, 3.8) is 0 Å². The molecule has 0 amide bonds. The molecule has 0 aromatic heterocycles. The minimum Gasteiger partial charge on any atom is -0.508 e. The molecular formula is C19H25NO3. The van der Waals surface area contributed by atoms with Gasteiger partial charge in [-0.1, -0.05) is 24.3 Å². The summed E-state index contributed by atoms with van der Waals surface area (Å²) in [4.78, 5) is 0. The van der Waals surface area contributed by atoms with Gasteiger partial charge >= 0.3 is 0 Å². The van der Waals surface area contributed by atoms with Crippen molar-refractivity contribution >= 4 is 5.69 Å². The standard InChI is InChI=1S/C15H15NO2.C4H10O/c1-2-8-16-14-7-6-12(10-15(14)18)11-4-3-5-13(17)9-11;1-3-5-4-2/h2-7,9-10,16-18H,1,8H2;3-4H2,1-2H3. The number of phenols is 2. The predicted octanol–water partition coefficient (Wildman–Crippen LogP) is 4.41. The molecule has 0 fully saturated rings. The van der Waals surface area contributed by atoms with Gasteiger partial charge in [-0.2, -0.15) is 0 Å². The van der Waals surface area contributed by atoms with Gasteiger partial charge in [0.1, 0.15) is 11.5 Å². The maximum Gasteiger partial charge on any atom is 0.139 e. The Bertz CT molecular complexity index is 609. The Balaban J connectivity index is 0.000000463. The highest BCUT2D eigenvalue weighted by atomic mass is 16.5. The van der Waals surface area contributed by atoms with Gasteiger partial charge in [0, 0.05) is 19.8 Å². The van der Waals surface area contributed by atoms with E-state index in [-0.39, 0.29) is 11.5 Å². The van der Waals surface area contributed by atoms with E-state index in [9.17, 15) is 10.2 Å². The molecule has 4 nitrogen and oxygen atoms in total. The highest BCUT2D eigenvalue weighted by Gasteiger charge is 2.04. The fourth-order valence-corrected chi connectivity index (χ4v) is 1.93. The van der Waals surface area contributed by atoms with Crippen molar-refractivity contribution in [2.24, 2.45) is 0 Å². The van der Waals surface area contributed by atoms with E-state index < -0.39 is 0 Å². The van der Waals surface area contributed by atoms with Crippen LogP contribution in [0.1, 0.15) is 13.8 Å². The number of ether oxygens (including phenoxy) is 1. The van der Waals surface area contributed by atoms with Gasteiger partial charge in [-0.3, -0.25) is 0 Å². The summed E-state index contributed by atoms with van der Waals surface area (Å²) in [5, 5.41) is 22.4. The number of phenolic OH excluding ortho intramolecular Hbond substituents is 2. The summed E-state index contributed by atoms with van der Waals surface area (Å²) in [6.07, 6.45) is 1.72. The fourth-order valence-electron chi connectivity index (χ4n) is 1.93. The highest BCUT2D eigenvalue weighted by molar-refractivity contribution is 5.71. The Morgan fingerprint density at radius 1 is 1.04 bits per heavy atom. The van der Waals surface area contributed by atoms with Crippen molar-refractivity contribution in [1.82, 2.24) is 0 Å². The van der Waals surface area contributed by atoms with E-state index in [2.05, 4.69) is 11.9 Å². The van der Waals surface area contributed by atoms with Crippen molar-refractivity contribution in [3.8, 4) is 22.6 Å². The minimum absolute atomic E-state index is 0.178. The molecule has 0 atom stereocenters. The van der Waals surface area contributed by atoms with Crippen molar-refractivity contribution in [2.45, 2.75) is 13.8 Å². The maximum absolute atomic E-state index is 9.89. The molecule has 0 aliphatic rings. The molecule has 0 aliphatic heterocycles. The van der Waals surface area contributed by atoms with Gasteiger partial charge in [0.05, 0.1) is 5.69 Å². The third kappa shape index (κ3) is 6.45. The number of rotatable bonds is 6. The molecule has 0 unspecified atom stereocenters. The van der Waals surface area contributed by atoms with Gasteiger partial charge in [0.2, 0.25) is 0 Å². The average molecular weight is 315 g/mol. The van der Waals surface area contributed by atoms with E-state index in [1.54, 1.807) is 36.4 Å². The lowest BCUT2D eigenvalue weighted by Crippen LogP contribution is -1.97. The van der Waals surface area contributed by atoms with Crippen LogP contribution in [0.15, 0.2) is 55.1 Å². The lowest BCUT2D eigenvalue weighted by atomic mass is 10.0. The second-order valence-electron chi connectivity index (χ2n) is 4.73. The first kappa shape index (κ1) is 18.6. The second-order valence-corrected chi connectivity index (χ2v) is 4.73. The van der Waals surface area contributed by atoms with Crippen LogP contribution in [-0.4, -0.2) is 30.0 Å². The Kier molecular flexibility index (Phi) is 8.32. The van der Waals surface area contributed by atoms with Gasteiger partial charge in [-0.25, -0.2) is 0 Å². The van der Waals surface area contributed by atoms with Crippen LogP contribution < -0.4 is 5.32 Å². The summed E-state index contributed by atoms with van der Waals surface area (Å²) in [6, 6.07) is 12.3. The molecule has 0 aliphatic carbocycles. The first-order valence-corrected chi connectivity index (χ1v) is 7.67. The molecule has 23 heavy (non-hydrogen) atoms. The quantitative estimate of drug-likeness (QED) is 0.546. The highest BCUT2D eigenvalue weighted by Crippen LogP contribution is 2.30. The van der Waals surface area contributed by atoms with Crippen molar-refractivity contribution in [1.29, 1.82) is 0 Å². The Hall–Kier alpha value is -2.46. The molecule has 2 aromatic carbocycles. The number of hydrogen-bond donors (Lipinski definition) is 3. The fraction of sp³-hybridized carbons (Fsp3) is 0.263. The van der Waals surface area contributed by atoms with Gasteiger partial charge in [-0.05, 0) is 49.2 Å². The number of aromatic hydroxyl groups is 2. The lowest BCUT2D eigenvalue weighted by Gasteiger charge is -2.09. The predicted molar refractivity (Wildman–Crippen MR) is 96.1 cm³/mol.